The van der Waals surface area contributed by atoms with Crippen LogP contribution in [0.25, 0.3) is 0 Å². The summed E-state index contributed by atoms with van der Waals surface area (Å²) in [4.78, 5) is 12.3. The van der Waals surface area contributed by atoms with Crippen molar-refractivity contribution in [1.82, 2.24) is 9.62 Å². The molecule has 1 N–H and O–H groups in total. The van der Waals surface area contributed by atoms with E-state index in [2.05, 4.69) is 5.32 Å². The Hall–Kier alpha value is -2.65. The van der Waals surface area contributed by atoms with E-state index in [0.29, 0.717) is 0 Å². The number of rotatable bonds is 9. The Morgan fingerprint density at radius 1 is 1.10 bits per heavy atom. The minimum absolute atomic E-state index is 0.196. The van der Waals surface area contributed by atoms with Gasteiger partial charge < -0.3 is 10.1 Å². The van der Waals surface area contributed by atoms with Crippen LogP contribution in [0.15, 0.2) is 42.5 Å². The normalized spacial score (nSPS) is 11.4. The SMILES string of the molecule is Cc1ccc(OCCNC(=O)CN(c2ccc(F)cc2)S(=O)(=O)N(C)C)c(C)c1. The number of hydrogen-bond donors (Lipinski definition) is 1. The molecule has 0 atom stereocenters. The Balaban J connectivity index is 1.98. The third kappa shape index (κ3) is 6.16. The lowest BCUT2D eigenvalue weighted by atomic mass is 10.1. The minimum atomic E-state index is -3.93. The molecule has 1 amide bonds. The van der Waals surface area contributed by atoms with E-state index in [-0.39, 0.29) is 18.8 Å². The predicted molar refractivity (Wildman–Crippen MR) is 111 cm³/mol. The summed E-state index contributed by atoms with van der Waals surface area (Å²) in [5, 5.41) is 2.64. The van der Waals surface area contributed by atoms with Crippen molar-refractivity contribution in [2.24, 2.45) is 0 Å². The summed E-state index contributed by atoms with van der Waals surface area (Å²) in [6.45, 7) is 3.95. The van der Waals surface area contributed by atoms with Gasteiger partial charge in [0.05, 0.1) is 12.2 Å². The van der Waals surface area contributed by atoms with Crippen LogP contribution in [0.1, 0.15) is 11.1 Å². The fraction of sp³-hybridized carbons (Fsp3) is 0.350. The highest BCUT2D eigenvalue weighted by atomic mass is 32.2. The number of carbonyl (C=O) groups is 1. The molecular formula is C20H26FN3O4S. The molecule has 0 aliphatic carbocycles. The van der Waals surface area contributed by atoms with Gasteiger partial charge in [-0.2, -0.15) is 12.7 Å². The van der Waals surface area contributed by atoms with Crippen LogP contribution in [0.3, 0.4) is 0 Å². The van der Waals surface area contributed by atoms with Gasteiger partial charge in [0.25, 0.3) is 0 Å². The van der Waals surface area contributed by atoms with Crippen molar-refractivity contribution in [2.45, 2.75) is 13.8 Å². The summed E-state index contributed by atoms with van der Waals surface area (Å²) in [6.07, 6.45) is 0. The molecule has 0 aliphatic rings. The summed E-state index contributed by atoms with van der Waals surface area (Å²) < 4.78 is 45.9. The van der Waals surface area contributed by atoms with Crippen molar-refractivity contribution >= 4 is 21.8 Å². The Morgan fingerprint density at radius 2 is 1.76 bits per heavy atom. The van der Waals surface area contributed by atoms with Gasteiger partial charge in [0.1, 0.15) is 24.7 Å². The number of aryl methyl sites for hydroxylation is 2. The van der Waals surface area contributed by atoms with E-state index in [1.807, 2.05) is 32.0 Å². The zero-order chi connectivity index (χ0) is 21.6. The van der Waals surface area contributed by atoms with E-state index < -0.39 is 28.5 Å². The van der Waals surface area contributed by atoms with Gasteiger partial charge in [-0.15, -0.1) is 0 Å². The number of amides is 1. The lowest BCUT2D eigenvalue weighted by Gasteiger charge is -2.26. The third-order valence-electron chi connectivity index (χ3n) is 4.15. The molecule has 0 spiro atoms. The lowest BCUT2D eigenvalue weighted by Crippen LogP contribution is -2.46. The number of nitrogens with one attached hydrogen (secondary N) is 1. The van der Waals surface area contributed by atoms with E-state index in [0.717, 1.165) is 37.6 Å². The highest BCUT2D eigenvalue weighted by molar-refractivity contribution is 7.90. The van der Waals surface area contributed by atoms with Gasteiger partial charge in [0.2, 0.25) is 5.91 Å². The van der Waals surface area contributed by atoms with E-state index in [1.165, 1.54) is 26.2 Å². The maximum Gasteiger partial charge on any atom is 0.304 e. The molecule has 0 radical (unpaired) electrons. The van der Waals surface area contributed by atoms with Crippen LogP contribution < -0.4 is 14.4 Å². The van der Waals surface area contributed by atoms with Crippen LogP contribution in [-0.2, 0) is 15.0 Å². The molecule has 0 bridgehead atoms. The molecule has 9 heteroatoms. The number of hydrogen-bond acceptors (Lipinski definition) is 4. The highest BCUT2D eigenvalue weighted by Crippen LogP contribution is 2.20. The van der Waals surface area contributed by atoms with Crippen molar-refractivity contribution in [3.05, 3.63) is 59.4 Å². The smallest absolute Gasteiger partial charge is 0.304 e. The van der Waals surface area contributed by atoms with Crippen LogP contribution in [-0.4, -0.2) is 52.4 Å². The Labute approximate surface area is 171 Å². The molecule has 2 aromatic rings. The summed E-state index contributed by atoms with van der Waals surface area (Å²) in [6, 6.07) is 10.7. The summed E-state index contributed by atoms with van der Waals surface area (Å²) in [5.74, 6) is -0.263. The Morgan fingerprint density at radius 3 is 2.34 bits per heavy atom. The molecule has 0 saturated heterocycles. The number of nitrogens with zero attached hydrogens (tertiary/aromatic N) is 2. The summed E-state index contributed by atoms with van der Waals surface area (Å²) in [5.41, 5.74) is 2.32. The zero-order valence-corrected chi connectivity index (χ0v) is 17.8. The van der Waals surface area contributed by atoms with E-state index >= 15 is 0 Å². The molecule has 0 heterocycles. The second kappa shape index (κ2) is 9.71. The fourth-order valence-corrected chi connectivity index (χ4v) is 3.67. The number of ether oxygens (including phenoxy) is 1. The predicted octanol–water partition coefficient (Wildman–Crippen LogP) is 2.25. The molecule has 7 nitrogen and oxygen atoms in total. The minimum Gasteiger partial charge on any atom is -0.491 e. The molecule has 0 fully saturated rings. The standard InChI is InChI=1S/C20H26FN3O4S/c1-15-5-10-19(16(2)13-15)28-12-11-22-20(25)14-24(29(26,27)23(3)4)18-8-6-17(21)7-9-18/h5-10,13H,11-12,14H2,1-4H3,(H,22,25). The summed E-state index contributed by atoms with van der Waals surface area (Å²) in [7, 11) is -1.21. The monoisotopic (exact) mass is 423 g/mol. The fourth-order valence-electron chi connectivity index (χ4n) is 2.61. The average Bonchev–Trinajstić information content (AvgIpc) is 2.65. The molecule has 0 saturated carbocycles. The number of halogens is 1. The quantitative estimate of drug-likeness (QED) is 0.628. The van der Waals surface area contributed by atoms with Gasteiger partial charge in [0, 0.05) is 14.1 Å². The van der Waals surface area contributed by atoms with Crippen LogP contribution in [0.2, 0.25) is 0 Å². The first kappa shape index (κ1) is 22.6. The maximum absolute atomic E-state index is 13.2. The highest BCUT2D eigenvalue weighted by Gasteiger charge is 2.27. The molecule has 0 aliphatic heterocycles. The molecule has 158 valence electrons. The Kier molecular flexibility index (Phi) is 7.58. The van der Waals surface area contributed by atoms with Crippen molar-refractivity contribution in [3.8, 4) is 5.75 Å². The van der Waals surface area contributed by atoms with E-state index in [4.69, 9.17) is 4.74 Å². The van der Waals surface area contributed by atoms with Gasteiger partial charge in [0.15, 0.2) is 0 Å². The van der Waals surface area contributed by atoms with Crippen LogP contribution in [0.4, 0.5) is 10.1 Å². The van der Waals surface area contributed by atoms with Gasteiger partial charge in [-0.3, -0.25) is 4.79 Å². The third-order valence-corrected chi connectivity index (χ3v) is 5.97. The lowest BCUT2D eigenvalue weighted by molar-refractivity contribution is -0.119. The maximum atomic E-state index is 13.2. The molecule has 29 heavy (non-hydrogen) atoms. The number of carbonyl (C=O) groups excluding carboxylic acids is 1. The van der Waals surface area contributed by atoms with Crippen molar-refractivity contribution < 1.29 is 22.3 Å². The topological polar surface area (TPSA) is 79.0 Å². The molecule has 0 aromatic heterocycles. The van der Waals surface area contributed by atoms with Gasteiger partial charge >= 0.3 is 10.2 Å². The average molecular weight is 424 g/mol. The van der Waals surface area contributed by atoms with Crippen molar-refractivity contribution in [1.29, 1.82) is 0 Å². The van der Waals surface area contributed by atoms with Crippen molar-refractivity contribution in [3.63, 3.8) is 0 Å². The van der Waals surface area contributed by atoms with Gasteiger partial charge in [-0.1, -0.05) is 17.7 Å². The largest absolute Gasteiger partial charge is 0.491 e. The van der Waals surface area contributed by atoms with E-state index in [1.54, 1.807) is 0 Å². The number of benzene rings is 2. The zero-order valence-electron chi connectivity index (χ0n) is 17.0. The van der Waals surface area contributed by atoms with Crippen LogP contribution in [0.5, 0.6) is 5.75 Å². The molecule has 0 unspecified atom stereocenters. The van der Waals surface area contributed by atoms with Crippen molar-refractivity contribution in [2.75, 3.05) is 38.1 Å². The van der Waals surface area contributed by atoms with Crippen LogP contribution in [0, 0.1) is 19.7 Å². The van der Waals surface area contributed by atoms with Crippen LogP contribution >= 0.6 is 0 Å². The first-order valence-electron chi connectivity index (χ1n) is 9.04. The van der Waals surface area contributed by atoms with Gasteiger partial charge in [-0.05, 0) is 49.7 Å². The summed E-state index contributed by atoms with van der Waals surface area (Å²) >= 11 is 0. The second-order valence-corrected chi connectivity index (χ2v) is 8.81. The molecule has 2 aromatic carbocycles. The van der Waals surface area contributed by atoms with Gasteiger partial charge in [-0.25, -0.2) is 8.70 Å². The first-order valence-corrected chi connectivity index (χ1v) is 10.4. The molecular weight excluding hydrogens is 397 g/mol. The first-order chi connectivity index (χ1) is 13.6. The number of anilines is 1. The second-order valence-electron chi connectivity index (χ2n) is 6.74. The molecule has 2 rings (SSSR count). The van der Waals surface area contributed by atoms with E-state index in [9.17, 15) is 17.6 Å². The Bertz CT molecular complexity index is 947.